The predicted octanol–water partition coefficient (Wildman–Crippen LogP) is 2.47. The first-order chi connectivity index (χ1) is 7.25. The van der Waals surface area contributed by atoms with E-state index >= 15 is 0 Å². The van der Waals surface area contributed by atoms with Crippen molar-refractivity contribution in [1.82, 2.24) is 5.32 Å². The molecule has 0 aromatic heterocycles. The minimum absolute atomic E-state index is 0.470. The first-order valence-corrected chi connectivity index (χ1v) is 5.71. The SMILES string of the molecule is CC1(COc2ccc3c(c2)CNC3)CC1. The molecule has 0 radical (unpaired) electrons. The van der Waals surface area contributed by atoms with Crippen molar-refractivity contribution in [3.63, 3.8) is 0 Å². The maximum Gasteiger partial charge on any atom is 0.119 e. The summed E-state index contributed by atoms with van der Waals surface area (Å²) in [5.41, 5.74) is 3.28. The van der Waals surface area contributed by atoms with Gasteiger partial charge in [-0.1, -0.05) is 13.0 Å². The van der Waals surface area contributed by atoms with Gasteiger partial charge in [-0.05, 0) is 36.1 Å². The van der Waals surface area contributed by atoms with Crippen LogP contribution in [0.3, 0.4) is 0 Å². The molecule has 0 amide bonds. The van der Waals surface area contributed by atoms with E-state index in [1.165, 1.54) is 24.0 Å². The normalized spacial score (nSPS) is 21.1. The number of fused-ring (bicyclic) bond motifs is 1. The van der Waals surface area contributed by atoms with Crippen molar-refractivity contribution >= 4 is 0 Å². The summed E-state index contributed by atoms with van der Waals surface area (Å²) in [4.78, 5) is 0. The van der Waals surface area contributed by atoms with Gasteiger partial charge in [0, 0.05) is 18.5 Å². The molecule has 0 unspecified atom stereocenters. The molecule has 15 heavy (non-hydrogen) atoms. The van der Waals surface area contributed by atoms with E-state index in [1.807, 2.05) is 0 Å². The van der Waals surface area contributed by atoms with Crippen LogP contribution in [0, 0.1) is 5.41 Å². The molecule has 2 nitrogen and oxygen atoms in total. The monoisotopic (exact) mass is 203 g/mol. The Hall–Kier alpha value is -1.02. The van der Waals surface area contributed by atoms with Crippen molar-refractivity contribution in [1.29, 1.82) is 0 Å². The standard InChI is InChI=1S/C13H17NO/c1-13(4-5-13)9-15-12-3-2-10-7-14-8-11(10)6-12/h2-3,6,14H,4-5,7-9H2,1H3. The second kappa shape index (κ2) is 3.24. The molecule has 1 aliphatic heterocycles. The largest absolute Gasteiger partial charge is 0.493 e. The molecule has 2 aliphatic rings. The number of nitrogens with one attached hydrogen (secondary N) is 1. The molecular formula is C13H17NO. The lowest BCUT2D eigenvalue weighted by atomic mass is 10.1. The zero-order valence-electron chi connectivity index (χ0n) is 9.18. The Morgan fingerprint density at radius 1 is 1.27 bits per heavy atom. The van der Waals surface area contributed by atoms with Gasteiger partial charge in [-0.3, -0.25) is 0 Å². The van der Waals surface area contributed by atoms with Crippen molar-refractivity contribution in [3.8, 4) is 5.75 Å². The van der Waals surface area contributed by atoms with Crippen LogP contribution in [-0.2, 0) is 13.1 Å². The second-order valence-corrected chi connectivity index (χ2v) is 5.13. The fraction of sp³-hybridized carbons (Fsp3) is 0.538. The molecule has 1 aromatic rings. The minimum atomic E-state index is 0.470. The van der Waals surface area contributed by atoms with Crippen LogP contribution in [0.15, 0.2) is 18.2 Å². The van der Waals surface area contributed by atoms with Crippen molar-refractivity contribution in [2.45, 2.75) is 32.9 Å². The van der Waals surface area contributed by atoms with Crippen LogP contribution in [0.2, 0.25) is 0 Å². The second-order valence-electron chi connectivity index (χ2n) is 5.13. The third-order valence-corrected chi connectivity index (χ3v) is 3.50. The summed E-state index contributed by atoms with van der Waals surface area (Å²) in [5.74, 6) is 1.03. The highest BCUT2D eigenvalue weighted by atomic mass is 16.5. The fourth-order valence-corrected chi connectivity index (χ4v) is 1.98. The highest BCUT2D eigenvalue weighted by Crippen LogP contribution is 2.45. The Balaban J connectivity index is 1.70. The number of hydrogen-bond donors (Lipinski definition) is 1. The van der Waals surface area contributed by atoms with E-state index in [1.54, 1.807) is 0 Å². The Labute approximate surface area is 90.6 Å². The molecule has 0 saturated heterocycles. The molecule has 1 fully saturated rings. The van der Waals surface area contributed by atoms with Gasteiger partial charge < -0.3 is 10.1 Å². The van der Waals surface area contributed by atoms with E-state index < -0.39 is 0 Å². The third-order valence-electron chi connectivity index (χ3n) is 3.50. The summed E-state index contributed by atoms with van der Waals surface area (Å²) in [5, 5.41) is 3.34. The molecule has 3 rings (SSSR count). The highest BCUT2D eigenvalue weighted by molar-refractivity contribution is 5.37. The first kappa shape index (κ1) is 9.22. The highest BCUT2D eigenvalue weighted by Gasteiger charge is 2.38. The van der Waals surface area contributed by atoms with Crippen LogP contribution >= 0.6 is 0 Å². The quantitative estimate of drug-likeness (QED) is 0.814. The number of rotatable bonds is 3. The molecule has 1 N–H and O–H groups in total. The maximum atomic E-state index is 5.83. The Bertz CT molecular complexity index is 382. The molecule has 1 heterocycles. The molecule has 1 aromatic carbocycles. The van der Waals surface area contributed by atoms with Gasteiger partial charge >= 0.3 is 0 Å². The molecule has 0 atom stereocenters. The maximum absolute atomic E-state index is 5.83. The molecule has 0 spiro atoms. The smallest absolute Gasteiger partial charge is 0.119 e. The van der Waals surface area contributed by atoms with E-state index in [0.29, 0.717) is 5.41 Å². The van der Waals surface area contributed by atoms with Crippen LogP contribution in [0.5, 0.6) is 5.75 Å². The summed E-state index contributed by atoms with van der Waals surface area (Å²) in [6.07, 6.45) is 2.64. The average Bonchev–Trinajstić information content (AvgIpc) is 2.80. The summed E-state index contributed by atoms with van der Waals surface area (Å²) in [6, 6.07) is 6.46. The van der Waals surface area contributed by atoms with Crippen molar-refractivity contribution in [3.05, 3.63) is 29.3 Å². The molecular weight excluding hydrogens is 186 g/mol. The zero-order valence-corrected chi connectivity index (χ0v) is 9.18. The lowest BCUT2D eigenvalue weighted by molar-refractivity contribution is 0.247. The van der Waals surface area contributed by atoms with Gasteiger partial charge in [0.05, 0.1) is 6.61 Å². The summed E-state index contributed by atoms with van der Waals surface area (Å²) in [7, 11) is 0. The molecule has 1 saturated carbocycles. The Morgan fingerprint density at radius 2 is 2.07 bits per heavy atom. The van der Waals surface area contributed by atoms with Crippen LogP contribution in [0.1, 0.15) is 30.9 Å². The number of ether oxygens (including phenoxy) is 1. The summed E-state index contributed by atoms with van der Waals surface area (Å²) >= 11 is 0. The molecule has 2 heteroatoms. The number of benzene rings is 1. The Kier molecular flexibility index (Phi) is 1.99. The zero-order chi connectivity index (χ0) is 10.3. The number of hydrogen-bond acceptors (Lipinski definition) is 2. The van der Waals surface area contributed by atoms with E-state index in [4.69, 9.17) is 4.74 Å². The van der Waals surface area contributed by atoms with Gasteiger partial charge in [0.2, 0.25) is 0 Å². The van der Waals surface area contributed by atoms with Crippen molar-refractivity contribution in [2.75, 3.05) is 6.61 Å². The van der Waals surface area contributed by atoms with Crippen LogP contribution < -0.4 is 10.1 Å². The molecule has 0 bridgehead atoms. The summed E-state index contributed by atoms with van der Waals surface area (Å²) in [6.45, 7) is 5.16. The first-order valence-electron chi connectivity index (χ1n) is 5.71. The van der Waals surface area contributed by atoms with Crippen molar-refractivity contribution in [2.24, 2.45) is 5.41 Å². The topological polar surface area (TPSA) is 21.3 Å². The van der Waals surface area contributed by atoms with Crippen LogP contribution in [0.4, 0.5) is 0 Å². The predicted molar refractivity (Wildman–Crippen MR) is 59.8 cm³/mol. The Morgan fingerprint density at radius 3 is 2.87 bits per heavy atom. The van der Waals surface area contributed by atoms with E-state index in [2.05, 4.69) is 30.4 Å². The van der Waals surface area contributed by atoms with Gasteiger partial charge in [-0.25, -0.2) is 0 Å². The van der Waals surface area contributed by atoms with Crippen LogP contribution in [0.25, 0.3) is 0 Å². The van der Waals surface area contributed by atoms with Crippen molar-refractivity contribution < 1.29 is 4.74 Å². The minimum Gasteiger partial charge on any atom is -0.493 e. The lowest BCUT2D eigenvalue weighted by Gasteiger charge is -2.11. The lowest BCUT2D eigenvalue weighted by Crippen LogP contribution is -2.08. The van der Waals surface area contributed by atoms with Gasteiger partial charge in [-0.15, -0.1) is 0 Å². The van der Waals surface area contributed by atoms with Gasteiger partial charge in [-0.2, -0.15) is 0 Å². The molecule has 1 aliphatic carbocycles. The summed E-state index contributed by atoms with van der Waals surface area (Å²) < 4.78 is 5.83. The van der Waals surface area contributed by atoms with Gasteiger partial charge in [0.15, 0.2) is 0 Å². The van der Waals surface area contributed by atoms with Crippen LogP contribution in [-0.4, -0.2) is 6.61 Å². The van der Waals surface area contributed by atoms with Gasteiger partial charge in [0.25, 0.3) is 0 Å². The fourth-order valence-electron chi connectivity index (χ4n) is 1.98. The molecule has 80 valence electrons. The van der Waals surface area contributed by atoms with Gasteiger partial charge in [0.1, 0.15) is 5.75 Å². The third kappa shape index (κ3) is 1.86. The van der Waals surface area contributed by atoms with E-state index in [9.17, 15) is 0 Å². The van der Waals surface area contributed by atoms with E-state index in [0.717, 1.165) is 25.4 Å². The average molecular weight is 203 g/mol. The van der Waals surface area contributed by atoms with E-state index in [-0.39, 0.29) is 0 Å².